The lowest BCUT2D eigenvalue weighted by Gasteiger charge is -2.09. The fourth-order valence-corrected chi connectivity index (χ4v) is 1.55. The summed E-state index contributed by atoms with van der Waals surface area (Å²) in [6.45, 7) is 6.13. The Morgan fingerprint density at radius 1 is 1.06 bits per heavy atom. The Morgan fingerprint density at radius 3 is 2.56 bits per heavy atom. The normalized spacial score (nSPS) is 10.4. The maximum absolute atomic E-state index is 5.29. The molecule has 0 aliphatic rings. The van der Waals surface area contributed by atoms with Crippen molar-refractivity contribution >= 4 is 0 Å². The predicted molar refractivity (Wildman–Crippen MR) is 67.9 cm³/mol. The third-order valence-corrected chi connectivity index (χ3v) is 2.41. The number of benzene rings is 1. The predicted octanol–water partition coefficient (Wildman–Crippen LogP) is 1.78. The van der Waals surface area contributed by atoms with E-state index in [1.807, 2.05) is 18.2 Å². The molecule has 0 atom stereocenters. The summed E-state index contributed by atoms with van der Waals surface area (Å²) in [4.78, 5) is 0. The van der Waals surface area contributed by atoms with E-state index in [4.69, 9.17) is 4.74 Å². The van der Waals surface area contributed by atoms with Gasteiger partial charge in [0.25, 0.3) is 0 Å². The van der Waals surface area contributed by atoms with Crippen molar-refractivity contribution in [3.8, 4) is 5.75 Å². The zero-order valence-electron chi connectivity index (χ0n) is 10.3. The Bertz CT molecular complexity index is 289. The van der Waals surface area contributed by atoms with Gasteiger partial charge in [-0.3, -0.25) is 0 Å². The smallest absolute Gasteiger partial charge is 0.123 e. The fraction of sp³-hybridized carbons (Fsp3) is 0.538. The van der Waals surface area contributed by atoms with Crippen LogP contribution >= 0.6 is 0 Å². The number of hydrogen-bond acceptors (Lipinski definition) is 3. The van der Waals surface area contributed by atoms with Crippen LogP contribution in [0.5, 0.6) is 5.75 Å². The van der Waals surface area contributed by atoms with Crippen molar-refractivity contribution < 1.29 is 4.74 Å². The molecule has 16 heavy (non-hydrogen) atoms. The van der Waals surface area contributed by atoms with Gasteiger partial charge in [-0.25, -0.2) is 0 Å². The van der Waals surface area contributed by atoms with Crippen LogP contribution in [0.3, 0.4) is 0 Å². The van der Waals surface area contributed by atoms with Crippen molar-refractivity contribution in [3.63, 3.8) is 0 Å². The molecule has 0 saturated heterocycles. The van der Waals surface area contributed by atoms with Gasteiger partial charge in [-0.05, 0) is 19.0 Å². The minimum absolute atomic E-state index is 0.859. The van der Waals surface area contributed by atoms with Gasteiger partial charge >= 0.3 is 0 Å². The lowest BCUT2D eigenvalue weighted by molar-refractivity contribution is 0.407. The first kappa shape index (κ1) is 13.0. The van der Waals surface area contributed by atoms with Gasteiger partial charge in [-0.2, -0.15) is 0 Å². The quantitative estimate of drug-likeness (QED) is 0.658. The molecule has 0 bridgehead atoms. The molecular formula is C13H22N2O. The van der Waals surface area contributed by atoms with Crippen molar-refractivity contribution in [1.82, 2.24) is 10.6 Å². The van der Waals surface area contributed by atoms with Crippen molar-refractivity contribution in [2.45, 2.75) is 19.9 Å². The molecule has 90 valence electrons. The van der Waals surface area contributed by atoms with E-state index < -0.39 is 0 Å². The Hall–Kier alpha value is -1.06. The van der Waals surface area contributed by atoms with Crippen molar-refractivity contribution in [2.24, 2.45) is 0 Å². The van der Waals surface area contributed by atoms with Crippen LogP contribution in [0.1, 0.15) is 18.9 Å². The maximum Gasteiger partial charge on any atom is 0.123 e. The van der Waals surface area contributed by atoms with Crippen LogP contribution < -0.4 is 15.4 Å². The van der Waals surface area contributed by atoms with Gasteiger partial charge in [0.2, 0.25) is 0 Å². The minimum atomic E-state index is 0.859. The van der Waals surface area contributed by atoms with Crippen LogP contribution in [-0.4, -0.2) is 26.7 Å². The summed E-state index contributed by atoms with van der Waals surface area (Å²) in [6.07, 6.45) is 1.19. The molecule has 1 rings (SSSR count). The molecule has 0 aromatic heterocycles. The third-order valence-electron chi connectivity index (χ3n) is 2.41. The molecular weight excluding hydrogens is 200 g/mol. The summed E-state index contributed by atoms with van der Waals surface area (Å²) in [5.41, 5.74) is 1.21. The van der Waals surface area contributed by atoms with E-state index in [1.54, 1.807) is 7.11 Å². The van der Waals surface area contributed by atoms with Gasteiger partial charge < -0.3 is 15.4 Å². The van der Waals surface area contributed by atoms with Gasteiger partial charge in [0, 0.05) is 25.2 Å². The molecule has 0 heterocycles. The van der Waals surface area contributed by atoms with Crippen molar-refractivity contribution in [2.75, 3.05) is 26.7 Å². The molecule has 1 aromatic rings. The van der Waals surface area contributed by atoms with E-state index in [9.17, 15) is 0 Å². The van der Waals surface area contributed by atoms with Crippen molar-refractivity contribution in [3.05, 3.63) is 29.8 Å². The van der Waals surface area contributed by atoms with Crippen LogP contribution in [0.4, 0.5) is 0 Å². The molecule has 2 N–H and O–H groups in total. The molecule has 0 saturated carbocycles. The summed E-state index contributed by atoms with van der Waals surface area (Å²) in [6, 6.07) is 8.11. The topological polar surface area (TPSA) is 33.3 Å². The molecule has 3 nitrogen and oxygen atoms in total. The summed E-state index contributed by atoms with van der Waals surface area (Å²) >= 11 is 0. The SMILES string of the molecule is CCCNCCNCc1ccccc1OC. The monoisotopic (exact) mass is 222 g/mol. The molecule has 0 fully saturated rings. The first-order chi connectivity index (χ1) is 7.88. The van der Waals surface area contributed by atoms with E-state index in [0.717, 1.165) is 31.9 Å². The van der Waals surface area contributed by atoms with Gasteiger partial charge in [0.1, 0.15) is 5.75 Å². The largest absolute Gasteiger partial charge is 0.496 e. The number of para-hydroxylation sites is 1. The molecule has 0 unspecified atom stereocenters. The molecule has 0 amide bonds. The molecule has 0 aliphatic heterocycles. The molecule has 1 aromatic carbocycles. The first-order valence-electron chi connectivity index (χ1n) is 5.91. The number of nitrogens with one attached hydrogen (secondary N) is 2. The van der Waals surface area contributed by atoms with E-state index in [-0.39, 0.29) is 0 Å². The first-order valence-corrected chi connectivity index (χ1v) is 5.91. The van der Waals surface area contributed by atoms with Gasteiger partial charge in [0.05, 0.1) is 7.11 Å². The Morgan fingerprint density at radius 2 is 1.81 bits per heavy atom. The summed E-state index contributed by atoms with van der Waals surface area (Å²) in [5, 5.41) is 6.75. The zero-order chi connectivity index (χ0) is 11.6. The number of hydrogen-bond donors (Lipinski definition) is 2. The lowest BCUT2D eigenvalue weighted by atomic mass is 10.2. The van der Waals surface area contributed by atoms with Crippen LogP contribution in [0, 0.1) is 0 Å². The Balaban J connectivity index is 2.21. The average molecular weight is 222 g/mol. The number of methoxy groups -OCH3 is 1. The fourth-order valence-electron chi connectivity index (χ4n) is 1.55. The van der Waals surface area contributed by atoms with Crippen LogP contribution in [-0.2, 0) is 6.54 Å². The third kappa shape index (κ3) is 4.64. The zero-order valence-corrected chi connectivity index (χ0v) is 10.3. The molecule has 3 heteroatoms. The number of rotatable bonds is 8. The standard InChI is InChI=1S/C13H22N2O/c1-3-8-14-9-10-15-11-12-6-4-5-7-13(12)16-2/h4-7,14-15H,3,8-11H2,1-2H3. The maximum atomic E-state index is 5.29. The highest BCUT2D eigenvalue weighted by atomic mass is 16.5. The second-order valence-electron chi connectivity index (χ2n) is 3.74. The minimum Gasteiger partial charge on any atom is -0.496 e. The molecule has 0 aliphatic carbocycles. The van der Waals surface area contributed by atoms with Crippen LogP contribution in [0.15, 0.2) is 24.3 Å². The van der Waals surface area contributed by atoms with E-state index >= 15 is 0 Å². The second kappa shape index (κ2) is 8.13. The average Bonchev–Trinajstić information content (AvgIpc) is 2.34. The summed E-state index contributed by atoms with van der Waals surface area (Å²) in [7, 11) is 1.71. The Kier molecular flexibility index (Phi) is 6.61. The Labute approximate surface area is 98.2 Å². The molecule has 0 radical (unpaired) electrons. The highest BCUT2D eigenvalue weighted by Gasteiger charge is 1.99. The highest BCUT2D eigenvalue weighted by molar-refractivity contribution is 5.32. The van der Waals surface area contributed by atoms with E-state index in [0.29, 0.717) is 0 Å². The van der Waals surface area contributed by atoms with E-state index in [2.05, 4.69) is 23.6 Å². The summed E-state index contributed by atoms with van der Waals surface area (Å²) in [5.74, 6) is 0.955. The van der Waals surface area contributed by atoms with Crippen LogP contribution in [0.25, 0.3) is 0 Å². The van der Waals surface area contributed by atoms with Gasteiger partial charge in [-0.1, -0.05) is 25.1 Å². The lowest BCUT2D eigenvalue weighted by Crippen LogP contribution is -2.27. The summed E-state index contributed by atoms with van der Waals surface area (Å²) < 4.78 is 5.29. The van der Waals surface area contributed by atoms with Crippen molar-refractivity contribution in [1.29, 1.82) is 0 Å². The van der Waals surface area contributed by atoms with Crippen LogP contribution in [0.2, 0.25) is 0 Å². The highest BCUT2D eigenvalue weighted by Crippen LogP contribution is 2.16. The van der Waals surface area contributed by atoms with E-state index in [1.165, 1.54) is 12.0 Å². The van der Waals surface area contributed by atoms with Gasteiger partial charge in [-0.15, -0.1) is 0 Å². The van der Waals surface area contributed by atoms with Gasteiger partial charge in [0.15, 0.2) is 0 Å². The number of ether oxygens (including phenoxy) is 1. The molecule has 0 spiro atoms. The second-order valence-corrected chi connectivity index (χ2v) is 3.74.